The third kappa shape index (κ3) is 2.84. The number of carboxylic acid groups (broad SMARTS) is 1. The van der Waals surface area contributed by atoms with E-state index >= 15 is 0 Å². The van der Waals surface area contributed by atoms with Crippen LogP contribution in [0.5, 0.6) is 5.75 Å². The molecule has 1 unspecified atom stereocenters. The molecule has 4 nitrogen and oxygen atoms in total. The number of benzene rings is 1. The molecular weight excluding hydrogens is 218 g/mol. The molecule has 0 fully saturated rings. The fraction of sp³-hybridized carbons (Fsp3) is 0.300. The summed E-state index contributed by atoms with van der Waals surface area (Å²) in [6, 6.07) is 6.66. The Morgan fingerprint density at radius 2 is 1.87 bits per heavy atom. The van der Waals surface area contributed by atoms with Crippen LogP contribution >= 0.6 is 12.4 Å². The number of rotatable bonds is 3. The largest absolute Gasteiger partial charge is 0.497 e. The van der Waals surface area contributed by atoms with E-state index in [1.165, 1.54) is 6.92 Å². The molecule has 0 saturated carbocycles. The lowest BCUT2D eigenvalue weighted by Crippen LogP contribution is -2.41. The third-order valence-corrected chi connectivity index (χ3v) is 2.13. The molecule has 0 bridgehead atoms. The van der Waals surface area contributed by atoms with Gasteiger partial charge >= 0.3 is 5.97 Å². The molecule has 0 heterocycles. The van der Waals surface area contributed by atoms with Gasteiger partial charge in [-0.15, -0.1) is 12.4 Å². The van der Waals surface area contributed by atoms with Gasteiger partial charge in [0.25, 0.3) is 0 Å². The topological polar surface area (TPSA) is 72.5 Å². The number of carbonyl (C=O) groups is 1. The highest BCUT2D eigenvalue weighted by Gasteiger charge is 2.29. The number of aliphatic carboxylic acids is 1. The van der Waals surface area contributed by atoms with Crippen molar-refractivity contribution in [3.05, 3.63) is 29.8 Å². The lowest BCUT2D eigenvalue weighted by molar-refractivity contribution is -0.143. The molecule has 1 aromatic carbocycles. The Labute approximate surface area is 94.5 Å². The molecule has 0 aliphatic heterocycles. The van der Waals surface area contributed by atoms with Gasteiger partial charge < -0.3 is 15.6 Å². The Hall–Kier alpha value is -1.26. The van der Waals surface area contributed by atoms with E-state index in [9.17, 15) is 4.79 Å². The number of hydrogen-bond donors (Lipinski definition) is 2. The summed E-state index contributed by atoms with van der Waals surface area (Å²) in [4.78, 5) is 10.8. The average molecular weight is 232 g/mol. The molecule has 5 heteroatoms. The van der Waals surface area contributed by atoms with Crippen molar-refractivity contribution in [3.63, 3.8) is 0 Å². The highest BCUT2D eigenvalue weighted by atomic mass is 35.5. The van der Waals surface area contributed by atoms with Crippen molar-refractivity contribution in [1.29, 1.82) is 0 Å². The van der Waals surface area contributed by atoms with E-state index in [2.05, 4.69) is 0 Å². The van der Waals surface area contributed by atoms with Crippen LogP contribution in [-0.4, -0.2) is 18.2 Å². The molecule has 1 rings (SSSR count). The summed E-state index contributed by atoms with van der Waals surface area (Å²) in [5, 5.41) is 8.86. The molecule has 0 aromatic heterocycles. The predicted molar refractivity (Wildman–Crippen MR) is 59.4 cm³/mol. The van der Waals surface area contributed by atoms with Crippen LogP contribution in [0.25, 0.3) is 0 Å². The van der Waals surface area contributed by atoms with Gasteiger partial charge in [0.05, 0.1) is 7.11 Å². The van der Waals surface area contributed by atoms with Gasteiger partial charge in [-0.2, -0.15) is 0 Å². The molecular formula is C10H14ClNO3. The Balaban J connectivity index is 0.00000196. The van der Waals surface area contributed by atoms with Gasteiger partial charge in [-0.3, -0.25) is 0 Å². The van der Waals surface area contributed by atoms with Crippen molar-refractivity contribution in [1.82, 2.24) is 0 Å². The summed E-state index contributed by atoms with van der Waals surface area (Å²) >= 11 is 0. The van der Waals surface area contributed by atoms with E-state index in [0.29, 0.717) is 11.3 Å². The first-order valence-corrected chi connectivity index (χ1v) is 4.15. The van der Waals surface area contributed by atoms with Crippen LogP contribution in [-0.2, 0) is 10.3 Å². The number of nitrogens with two attached hydrogens (primary N) is 1. The SMILES string of the molecule is COc1ccc(C(C)(N)C(=O)O)cc1.Cl. The van der Waals surface area contributed by atoms with Crippen LogP contribution in [0.1, 0.15) is 12.5 Å². The molecule has 0 spiro atoms. The first-order valence-electron chi connectivity index (χ1n) is 4.15. The van der Waals surface area contributed by atoms with Crippen LogP contribution in [0.4, 0.5) is 0 Å². The molecule has 0 amide bonds. The van der Waals surface area contributed by atoms with Gasteiger partial charge in [-0.25, -0.2) is 4.79 Å². The van der Waals surface area contributed by atoms with Gasteiger partial charge in [-0.05, 0) is 24.6 Å². The van der Waals surface area contributed by atoms with Crippen LogP contribution in [0.3, 0.4) is 0 Å². The van der Waals surface area contributed by atoms with Gasteiger partial charge in [0.15, 0.2) is 0 Å². The lowest BCUT2D eigenvalue weighted by Gasteiger charge is -2.19. The summed E-state index contributed by atoms with van der Waals surface area (Å²) in [7, 11) is 1.55. The molecule has 0 saturated heterocycles. The van der Waals surface area contributed by atoms with E-state index in [4.69, 9.17) is 15.6 Å². The fourth-order valence-electron chi connectivity index (χ4n) is 1.06. The van der Waals surface area contributed by atoms with E-state index in [1.807, 2.05) is 0 Å². The summed E-state index contributed by atoms with van der Waals surface area (Å²) in [5.74, 6) is -0.377. The minimum absolute atomic E-state index is 0. The first kappa shape index (κ1) is 13.7. The molecule has 0 aliphatic carbocycles. The zero-order valence-electron chi connectivity index (χ0n) is 8.56. The highest BCUT2D eigenvalue weighted by Crippen LogP contribution is 2.20. The van der Waals surface area contributed by atoms with Crippen LogP contribution < -0.4 is 10.5 Å². The van der Waals surface area contributed by atoms with Gasteiger partial charge in [-0.1, -0.05) is 12.1 Å². The summed E-state index contributed by atoms with van der Waals surface area (Å²) < 4.78 is 4.95. The van der Waals surface area contributed by atoms with Crippen molar-refractivity contribution < 1.29 is 14.6 Å². The second-order valence-electron chi connectivity index (χ2n) is 3.24. The maximum absolute atomic E-state index is 10.8. The van der Waals surface area contributed by atoms with E-state index in [1.54, 1.807) is 31.4 Å². The Morgan fingerprint density at radius 3 is 2.20 bits per heavy atom. The van der Waals surface area contributed by atoms with Crippen molar-refractivity contribution in [3.8, 4) is 5.75 Å². The van der Waals surface area contributed by atoms with E-state index < -0.39 is 11.5 Å². The highest BCUT2D eigenvalue weighted by molar-refractivity contribution is 5.85. The van der Waals surface area contributed by atoms with Crippen LogP contribution in [0, 0.1) is 0 Å². The number of halogens is 1. The number of ether oxygens (including phenoxy) is 1. The van der Waals surface area contributed by atoms with Crippen molar-refractivity contribution in [2.75, 3.05) is 7.11 Å². The number of hydrogen-bond acceptors (Lipinski definition) is 3. The van der Waals surface area contributed by atoms with Gasteiger partial charge in [0.2, 0.25) is 0 Å². The molecule has 15 heavy (non-hydrogen) atoms. The van der Waals surface area contributed by atoms with Crippen molar-refractivity contribution >= 4 is 18.4 Å². The molecule has 1 aromatic rings. The van der Waals surface area contributed by atoms with E-state index in [-0.39, 0.29) is 12.4 Å². The smallest absolute Gasteiger partial charge is 0.328 e. The molecule has 84 valence electrons. The first-order chi connectivity index (χ1) is 6.48. The molecule has 1 atom stereocenters. The quantitative estimate of drug-likeness (QED) is 0.824. The summed E-state index contributed by atoms with van der Waals surface area (Å²) in [6.07, 6.45) is 0. The standard InChI is InChI=1S/C10H13NO3.ClH/c1-10(11,9(12)13)7-3-5-8(14-2)6-4-7;/h3-6H,11H2,1-2H3,(H,12,13);1H. The maximum Gasteiger partial charge on any atom is 0.328 e. The lowest BCUT2D eigenvalue weighted by atomic mass is 9.93. The molecule has 0 aliphatic rings. The minimum atomic E-state index is -1.35. The maximum atomic E-state index is 10.8. The second-order valence-corrected chi connectivity index (χ2v) is 3.24. The zero-order chi connectivity index (χ0) is 10.8. The summed E-state index contributed by atoms with van der Waals surface area (Å²) in [5.41, 5.74) is 4.82. The van der Waals surface area contributed by atoms with Crippen molar-refractivity contribution in [2.24, 2.45) is 5.73 Å². The van der Waals surface area contributed by atoms with Crippen molar-refractivity contribution in [2.45, 2.75) is 12.5 Å². The minimum Gasteiger partial charge on any atom is -0.497 e. The number of methoxy groups -OCH3 is 1. The fourth-order valence-corrected chi connectivity index (χ4v) is 1.06. The van der Waals surface area contributed by atoms with E-state index in [0.717, 1.165) is 0 Å². The second kappa shape index (κ2) is 5.00. The third-order valence-electron chi connectivity index (χ3n) is 2.13. The molecule has 3 N–H and O–H groups in total. The normalized spacial score (nSPS) is 13.5. The Kier molecular flexibility index (Phi) is 4.58. The monoisotopic (exact) mass is 231 g/mol. The average Bonchev–Trinajstić information content (AvgIpc) is 2.17. The van der Waals surface area contributed by atoms with Gasteiger partial charge in [0.1, 0.15) is 11.3 Å². The Morgan fingerprint density at radius 1 is 1.40 bits per heavy atom. The number of carboxylic acids is 1. The van der Waals surface area contributed by atoms with Gasteiger partial charge in [0, 0.05) is 0 Å². The predicted octanol–water partition coefficient (Wildman–Crippen LogP) is 1.38. The summed E-state index contributed by atoms with van der Waals surface area (Å²) in [6.45, 7) is 1.46. The zero-order valence-corrected chi connectivity index (χ0v) is 9.38. The van der Waals surface area contributed by atoms with Crippen LogP contribution in [0.2, 0.25) is 0 Å². The van der Waals surface area contributed by atoms with Crippen LogP contribution in [0.15, 0.2) is 24.3 Å². The molecule has 0 radical (unpaired) electrons. The Bertz CT molecular complexity index is 335.